The van der Waals surface area contributed by atoms with E-state index in [1.807, 2.05) is 12.1 Å². The molecule has 2 N–H and O–H groups in total. The summed E-state index contributed by atoms with van der Waals surface area (Å²) in [5, 5.41) is 7.09. The van der Waals surface area contributed by atoms with Crippen molar-refractivity contribution in [1.29, 1.82) is 0 Å². The number of guanidine groups is 1. The van der Waals surface area contributed by atoms with E-state index in [9.17, 15) is 0 Å². The summed E-state index contributed by atoms with van der Waals surface area (Å²) in [6, 6.07) is 9.46. The summed E-state index contributed by atoms with van der Waals surface area (Å²) < 4.78 is 5.40. The molecule has 6 nitrogen and oxygen atoms in total. The normalized spacial score (nSPS) is 22.0. The van der Waals surface area contributed by atoms with E-state index in [4.69, 9.17) is 9.73 Å². The minimum absolute atomic E-state index is 0.193. The number of hydrogen-bond acceptors (Lipinski definition) is 4. The zero-order valence-electron chi connectivity index (χ0n) is 18.7. The van der Waals surface area contributed by atoms with Crippen LogP contribution in [0.15, 0.2) is 29.3 Å². The Kier molecular flexibility index (Phi) is 8.58. The van der Waals surface area contributed by atoms with Crippen LogP contribution in [0.25, 0.3) is 0 Å². The summed E-state index contributed by atoms with van der Waals surface area (Å²) >= 11 is 0. The lowest BCUT2D eigenvalue weighted by Crippen LogP contribution is -2.47. The Bertz CT molecular complexity index is 631. The molecule has 0 saturated carbocycles. The second-order valence-corrected chi connectivity index (χ2v) is 8.25. The zero-order valence-corrected chi connectivity index (χ0v) is 18.7. The molecule has 3 unspecified atom stereocenters. The molecule has 6 heteroatoms. The van der Waals surface area contributed by atoms with E-state index in [2.05, 4.69) is 74.4 Å². The SMILES string of the molecule is CCNC(=NCC(c1cccc(OC)c1)N(C)C)NC1CN(C(C)C)CC1C. The monoisotopic (exact) mass is 389 g/mol. The van der Waals surface area contributed by atoms with Crippen LogP contribution in [0.4, 0.5) is 0 Å². The van der Waals surface area contributed by atoms with Gasteiger partial charge in [0, 0.05) is 31.7 Å². The molecule has 28 heavy (non-hydrogen) atoms. The van der Waals surface area contributed by atoms with E-state index in [-0.39, 0.29) is 6.04 Å². The van der Waals surface area contributed by atoms with E-state index in [1.165, 1.54) is 5.56 Å². The third-order valence-electron chi connectivity index (χ3n) is 5.56. The summed E-state index contributed by atoms with van der Waals surface area (Å²) in [6.45, 7) is 12.7. The van der Waals surface area contributed by atoms with Crippen molar-refractivity contribution in [2.24, 2.45) is 10.9 Å². The number of hydrogen-bond donors (Lipinski definition) is 2. The van der Waals surface area contributed by atoms with E-state index in [0.29, 0.717) is 24.5 Å². The van der Waals surface area contributed by atoms with Gasteiger partial charge in [-0.15, -0.1) is 0 Å². The predicted molar refractivity (Wildman–Crippen MR) is 118 cm³/mol. The highest BCUT2D eigenvalue weighted by Crippen LogP contribution is 2.23. The van der Waals surface area contributed by atoms with E-state index >= 15 is 0 Å². The summed E-state index contributed by atoms with van der Waals surface area (Å²) in [5.41, 5.74) is 1.21. The fourth-order valence-corrected chi connectivity index (χ4v) is 3.70. The highest BCUT2D eigenvalue weighted by atomic mass is 16.5. The van der Waals surface area contributed by atoms with Crippen molar-refractivity contribution < 1.29 is 4.74 Å². The van der Waals surface area contributed by atoms with Gasteiger partial charge in [-0.2, -0.15) is 0 Å². The highest BCUT2D eigenvalue weighted by Gasteiger charge is 2.31. The maximum absolute atomic E-state index is 5.40. The molecule has 0 bridgehead atoms. The number of methoxy groups -OCH3 is 1. The molecule has 0 radical (unpaired) electrons. The van der Waals surface area contributed by atoms with Crippen LogP contribution in [0.1, 0.15) is 39.3 Å². The summed E-state index contributed by atoms with van der Waals surface area (Å²) in [5.74, 6) is 2.39. The minimum atomic E-state index is 0.193. The third-order valence-corrected chi connectivity index (χ3v) is 5.56. The molecule has 1 aliphatic heterocycles. The zero-order chi connectivity index (χ0) is 20.7. The Labute approximate surface area is 171 Å². The molecular weight excluding hydrogens is 350 g/mol. The lowest BCUT2D eigenvalue weighted by molar-refractivity contribution is 0.265. The Morgan fingerprint density at radius 2 is 2.07 bits per heavy atom. The van der Waals surface area contributed by atoms with Gasteiger partial charge in [-0.1, -0.05) is 19.1 Å². The summed E-state index contributed by atoms with van der Waals surface area (Å²) in [7, 11) is 5.90. The molecule has 1 heterocycles. The number of nitrogens with zero attached hydrogens (tertiary/aromatic N) is 3. The van der Waals surface area contributed by atoms with Gasteiger partial charge in [0.2, 0.25) is 0 Å². The number of nitrogens with one attached hydrogen (secondary N) is 2. The molecule has 2 rings (SSSR count). The predicted octanol–water partition coefficient (Wildman–Crippen LogP) is 2.58. The van der Waals surface area contributed by atoms with E-state index < -0.39 is 0 Å². The number of rotatable bonds is 8. The standard InChI is InChI=1S/C22H39N5O/c1-8-23-22(25-20-15-27(16(2)3)14-17(20)4)24-13-21(26(5)6)18-10-9-11-19(12-18)28-7/h9-12,16-17,20-21H,8,13-15H2,1-7H3,(H2,23,24,25). The Morgan fingerprint density at radius 3 is 2.64 bits per heavy atom. The topological polar surface area (TPSA) is 52.1 Å². The molecule has 0 spiro atoms. The molecular formula is C22H39N5O. The first-order valence-corrected chi connectivity index (χ1v) is 10.4. The molecule has 0 aromatic heterocycles. The van der Waals surface area contributed by atoms with Crippen molar-refractivity contribution >= 4 is 5.96 Å². The van der Waals surface area contributed by atoms with Crippen molar-refractivity contribution in [2.45, 2.75) is 45.8 Å². The fourth-order valence-electron chi connectivity index (χ4n) is 3.70. The summed E-state index contributed by atoms with van der Waals surface area (Å²) in [4.78, 5) is 9.67. The van der Waals surface area contributed by atoms with E-state index in [1.54, 1.807) is 7.11 Å². The number of likely N-dealkylation sites (N-methyl/N-ethyl adjacent to an activating group) is 1. The van der Waals surface area contributed by atoms with Gasteiger partial charge in [0.25, 0.3) is 0 Å². The molecule has 1 fully saturated rings. The van der Waals surface area contributed by atoms with Crippen LogP contribution in [0.3, 0.4) is 0 Å². The van der Waals surface area contributed by atoms with Crippen LogP contribution in [-0.4, -0.2) is 75.2 Å². The van der Waals surface area contributed by atoms with Crippen molar-refractivity contribution in [3.8, 4) is 5.75 Å². The molecule has 0 amide bonds. The van der Waals surface area contributed by atoms with Gasteiger partial charge in [0.1, 0.15) is 5.75 Å². The molecule has 0 aliphatic carbocycles. The molecule has 158 valence electrons. The second kappa shape index (κ2) is 10.7. The van der Waals surface area contributed by atoms with Crippen LogP contribution in [0, 0.1) is 5.92 Å². The maximum atomic E-state index is 5.40. The first-order valence-electron chi connectivity index (χ1n) is 10.4. The molecule has 3 atom stereocenters. The van der Waals surface area contributed by atoms with Crippen LogP contribution >= 0.6 is 0 Å². The van der Waals surface area contributed by atoms with Gasteiger partial charge in [-0.25, -0.2) is 0 Å². The van der Waals surface area contributed by atoms with Crippen molar-refractivity contribution in [3.63, 3.8) is 0 Å². The number of likely N-dealkylation sites (tertiary alicyclic amines) is 1. The highest BCUT2D eigenvalue weighted by molar-refractivity contribution is 5.80. The summed E-state index contributed by atoms with van der Waals surface area (Å²) in [6.07, 6.45) is 0. The van der Waals surface area contributed by atoms with Crippen LogP contribution in [0.2, 0.25) is 0 Å². The van der Waals surface area contributed by atoms with Crippen LogP contribution in [0.5, 0.6) is 5.75 Å². The van der Waals surface area contributed by atoms with Gasteiger partial charge in [-0.05, 0) is 58.5 Å². The maximum Gasteiger partial charge on any atom is 0.191 e. The lowest BCUT2D eigenvalue weighted by atomic mass is 10.1. The van der Waals surface area contributed by atoms with Crippen molar-refractivity contribution in [1.82, 2.24) is 20.4 Å². The molecule has 1 aromatic carbocycles. The Morgan fingerprint density at radius 1 is 1.32 bits per heavy atom. The molecule has 1 saturated heterocycles. The average molecular weight is 390 g/mol. The smallest absolute Gasteiger partial charge is 0.191 e. The van der Waals surface area contributed by atoms with Gasteiger partial charge < -0.3 is 20.3 Å². The minimum Gasteiger partial charge on any atom is -0.497 e. The van der Waals surface area contributed by atoms with Crippen LogP contribution < -0.4 is 15.4 Å². The average Bonchev–Trinajstić information content (AvgIpc) is 3.03. The van der Waals surface area contributed by atoms with Gasteiger partial charge >= 0.3 is 0 Å². The van der Waals surface area contributed by atoms with Gasteiger partial charge in [0.15, 0.2) is 5.96 Å². The van der Waals surface area contributed by atoms with Crippen LogP contribution in [-0.2, 0) is 0 Å². The largest absolute Gasteiger partial charge is 0.497 e. The first kappa shape index (κ1) is 22.5. The van der Waals surface area contributed by atoms with E-state index in [0.717, 1.165) is 31.3 Å². The van der Waals surface area contributed by atoms with Crippen molar-refractivity contribution in [2.75, 3.05) is 47.4 Å². The van der Waals surface area contributed by atoms with Crippen molar-refractivity contribution in [3.05, 3.63) is 29.8 Å². The van der Waals surface area contributed by atoms with Gasteiger partial charge in [-0.3, -0.25) is 9.89 Å². The fraction of sp³-hybridized carbons (Fsp3) is 0.682. The number of ether oxygens (including phenoxy) is 1. The number of benzene rings is 1. The second-order valence-electron chi connectivity index (χ2n) is 8.25. The Balaban J connectivity index is 2.10. The lowest BCUT2D eigenvalue weighted by Gasteiger charge is -2.25. The molecule has 1 aromatic rings. The first-order chi connectivity index (χ1) is 13.3. The van der Waals surface area contributed by atoms with Gasteiger partial charge in [0.05, 0.1) is 19.7 Å². The number of aliphatic imine (C=N–C) groups is 1. The Hall–Kier alpha value is -1.79. The molecule has 1 aliphatic rings. The quantitative estimate of drug-likeness (QED) is 0.529. The third kappa shape index (κ3) is 6.11.